The Labute approximate surface area is 155 Å². The van der Waals surface area contributed by atoms with Crippen molar-refractivity contribution < 1.29 is 14.6 Å². The average Bonchev–Trinajstić information content (AvgIpc) is 3.01. The Morgan fingerprint density at radius 3 is 2.35 bits per heavy atom. The lowest BCUT2D eigenvalue weighted by Crippen LogP contribution is -2.28. The van der Waals surface area contributed by atoms with Crippen LogP contribution in [0.3, 0.4) is 0 Å². The first-order chi connectivity index (χ1) is 12.4. The Morgan fingerprint density at radius 1 is 1.08 bits per heavy atom. The van der Waals surface area contributed by atoms with Gasteiger partial charge in [0.2, 0.25) is 0 Å². The van der Waals surface area contributed by atoms with Crippen molar-refractivity contribution >= 4 is 6.09 Å². The zero-order valence-electron chi connectivity index (χ0n) is 15.7. The number of carbonyl (C=O) groups is 1. The maximum absolute atomic E-state index is 12.3. The molecule has 0 saturated carbocycles. The minimum Gasteiger partial charge on any atom is -0.508 e. The lowest BCUT2D eigenvalue weighted by atomic mass is 9.94. The Balaban J connectivity index is 1.55. The van der Waals surface area contributed by atoms with E-state index in [4.69, 9.17) is 4.74 Å². The molecule has 0 bridgehead atoms. The van der Waals surface area contributed by atoms with Crippen LogP contribution in [0.5, 0.6) is 5.75 Å². The van der Waals surface area contributed by atoms with Gasteiger partial charge in [-0.15, -0.1) is 0 Å². The molecule has 0 radical (unpaired) electrons. The zero-order chi connectivity index (χ0) is 18.7. The van der Waals surface area contributed by atoms with Crippen LogP contribution in [0.25, 0.3) is 0 Å². The molecule has 1 N–H and O–H groups in total. The molecule has 2 aromatic rings. The molecule has 3 atom stereocenters. The predicted molar refractivity (Wildman–Crippen MR) is 102 cm³/mol. The molecule has 1 amide bonds. The number of carbonyl (C=O) groups excluding carboxylic acids is 1. The van der Waals surface area contributed by atoms with E-state index < -0.39 is 0 Å². The van der Waals surface area contributed by atoms with Gasteiger partial charge in [0, 0.05) is 0 Å². The number of ether oxygens (including phenoxy) is 1. The molecule has 1 heterocycles. The highest BCUT2D eigenvalue weighted by atomic mass is 16.6. The summed E-state index contributed by atoms with van der Waals surface area (Å²) < 4.78 is 5.58. The molecule has 1 aliphatic rings. The number of hydrogen-bond donors (Lipinski definition) is 1. The van der Waals surface area contributed by atoms with Crippen molar-refractivity contribution in [3.8, 4) is 5.75 Å². The first-order valence-corrected chi connectivity index (χ1v) is 9.27. The van der Waals surface area contributed by atoms with Gasteiger partial charge in [-0.2, -0.15) is 0 Å². The summed E-state index contributed by atoms with van der Waals surface area (Å²) in [6.45, 7) is 6.92. The van der Waals surface area contributed by atoms with Crippen LogP contribution in [-0.4, -0.2) is 28.7 Å². The van der Waals surface area contributed by atoms with Crippen molar-refractivity contribution in [2.75, 3.05) is 6.54 Å². The van der Waals surface area contributed by atoms with E-state index in [1.807, 2.05) is 19.1 Å². The summed E-state index contributed by atoms with van der Waals surface area (Å²) in [6.07, 6.45) is 1.54. The third-order valence-corrected chi connectivity index (χ3v) is 5.31. The first-order valence-electron chi connectivity index (χ1n) is 9.27. The van der Waals surface area contributed by atoms with Crippen molar-refractivity contribution in [2.45, 2.75) is 51.7 Å². The first kappa shape index (κ1) is 18.3. The largest absolute Gasteiger partial charge is 0.508 e. The Kier molecular flexibility index (Phi) is 5.50. The van der Waals surface area contributed by atoms with Crippen LogP contribution in [0.4, 0.5) is 4.79 Å². The average molecular weight is 353 g/mol. The van der Waals surface area contributed by atoms with E-state index in [-0.39, 0.29) is 24.0 Å². The van der Waals surface area contributed by atoms with Crippen LogP contribution in [0.15, 0.2) is 48.5 Å². The third kappa shape index (κ3) is 4.18. The Morgan fingerprint density at radius 2 is 1.69 bits per heavy atom. The highest BCUT2D eigenvalue weighted by Crippen LogP contribution is 2.30. The number of aryl methyl sites for hydroxylation is 1. The summed E-state index contributed by atoms with van der Waals surface area (Å²) in [5.41, 5.74) is 3.59. The predicted octanol–water partition coefficient (Wildman–Crippen LogP) is 5.17. The van der Waals surface area contributed by atoms with Gasteiger partial charge in [-0.25, -0.2) is 4.79 Å². The van der Waals surface area contributed by atoms with Gasteiger partial charge in [0.05, 0.1) is 12.6 Å². The molecule has 4 heteroatoms. The molecule has 3 rings (SSSR count). The van der Waals surface area contributed by atoms with Gasteiger partial charge in [0.25, 0.3) is 0 Å². The highest BCUT2D eigenvalue weighted by Gasteiger charge is 2.34. The maximum atomic E-state index is 12.3. The van der Waals surface area contributed by atoms with E-state index in [2.05, 4.69) is 38.1 Å². The molecule has 0 spiro atoms. The lowest BCUT2D eigenvalue weighted by molar-refractivity contribution is 0.124. The number of phenols is 1. The van der Waals surface area contributed by atoms with Gasteiger partial charge in [-0.1, -0.05) is 48.9 Å². The summed E-state index contributed by atoms with van der Waals surface area (Å²) in [5.74, 6) is 0.672. The van der Waals surface area contributed by atoms with Crippen LogP contribution in [-0.2, 0) is 4.74 Å². The molecule has 0 unspecified atom stereocenters. The van der Waals surface area contributed by atoms with Gasteiger partial charge in [-0.05, 0) is 55.9 Å². The molecule has 1 fully saturated rings. The minimum atomic E-state index is -0.251. The number of benzene rings is 2. The van der Waals surface area contributed by atoms with Crippen LogP contribution in [0.1, 0.15) is 55.3 Å². The van der Waals surface area contributed by atoms with E-state index in [0.29, 0.717) is 12.5 Å². The molecule has 26 heavy (non-hydrogen) atoms. The number of aromatic hydroxyl groups is 1. The van der Waals surface area contributed by atoms with Crippen molar-refractivity contribution in [3.05, 3.63) is 65.2 Å². The fourth-order valence-corrected chi connectivity index (χ4v) is 3.44. The second-order valence-electron chi connectivity index (χ2n) is 7.31. The van der Waals surface area contributed by atoms with Gasteiger partial charge < -0.3 is 9.84 Å². The van der Waals surface area contributed by atoms with Gasteiger partial charge in [0.15, 0.2) is 0 Å². The minimum absolute atomic E-state index is 0.0602. The van der Waals surface area contributed by atoms with Crippen molar-refractivity contribution in [1.82, 2.24) is 4.90 Å². The standard InChI is InChI=1S/C22H27NO3/c1-15-4-7-18(8-5-15)16(2)6-13-21-14-23(22(25)26-21)17(3)19-9-11-20(24)12-10-19/h4-5,7-12,16-17,21,24H,6,13-14H2,1-3H3/t16-,17+,21-/m1/s1. The molecule has 4 nitrogen and oxygen atoms in total. The van der Waals surface area contributed by atoms with Gasteiger partial charge in [0.1, 0.15) is 11.9 Å². The Hall–Kier alpha value is -2.49. The monoisotopic (exact) mass is 353 g/mol. The molecular formula is C22H27NO3. The summed E-state index contributed by atoms with van der Waals surface area (Å²) in [7, 11) is 0. The SMILES string of the molecule is Cc1ccc([C@H](C)CC[C@@H]2CN([C@@H](C)c3ccc(O)cc3)C(=O)O2)cc1. The second kappa shape index (κ2) is 7.81. The Bertz CT molecular complexity index is 739. The van der Waals surface area contributed by atoms with E-state index in [1.54, 1.807) is 17.0 Å². The highest BCUT2D eigenvalue weighted by molar-refractivity contribution is 5.70. The summed E-state index contributed by atoms with van der Waals surface area (Å²) in [4.78, 5) is 14.0. The molecule has 138 valence electrons. The zero-order valence-corrected chi connectivity index (χ0v) is 15.7. The molecular weight excluding hydrogens is 326 g/mol. The van der Waals surface area contributed by atoms with Crippen LogP contribution in [0, 0.1) is 6.92 Å². The third-order valence-electron chi connectivity index (χ3n) is 5.31. The normalized spacial score (nSPS) is 19.3. The van der Waals surface area contributed by atoms with E-state index >= 15 is 0 Å². The molecule has 1 aliphatic heterocycles. The van der Waals surface area contributed by atoms with Crippen LogP contribution < -0.4 is 0 Å². The van der Waals surface area contributed by atoms with E-state index in [0.717, 1.165) is 18.4 Å². The topological polar surface area (TPSA) is 49.8 Å². The number of cyclic esters (lactones) is 1. The fraction of sp³-hybridized carbons (Fsp3) is 0.409. The molecule has 1 saturated heterocycles. The number of amides is 1. The number of nitrogens with zero attached hydrogens (tertiary/aromatic N) is 1. The van der Waals surface area contributed by atoms with Crippen molar-refractivity contribution in [1.29, 1.82) is 0 Å². The molecule has 0 aliphatic carbocycles. The summed E-state index contributed by atoms with van der Waals surface area (Å²) >= 11 is 0. The fourth-order valence-electron chi connectivity index (χ4n) is 3.44. The van der Waals surface area contributed by atoms with Gasteiger partial charge >= 0.3 is 6.09 Å². The molecule has 0 aromatic heterocycles. The van der Waals surface area contributed by atoms with Crippen LogP contribution >= 0.6 is 0 Å². The molecule has 2 aromatic carbocycles. The van der Waals surface area contributed by atoms with Gasteiger partial charge in [-0.3, -0.25) is 4.90 Å². The van der Waals surface area contributed by atoms with E-state index in [9.17, 15) is 9.90 Å². The van der Waals surface area contributed by atoms with E-state index in [1.165, 1.54) is 11.1 Å². The quantitative estimate of drug-likeness (QED) is 0.780. The summed E-state index contributed by atoms with van der Waals surface area (Å²) in [6, 6.07) is 15.6. The second-order valence-corrected chi connectivity index (χ2v) is 7.31. The number of rotatable bonds is 6. The summed E-state index contributed by atoms with van der Waals surface area (Å²) in [5, 5.41) is 9.42. The number of hydrogen-bond acceptors (Lipinski definition) is 3. The van der Waals surface area contributed by atoms with Crippen molar-refractivity contribution in [2.24, 2.45) is 0 Å². The smallest absolute Gasteiger partial charge is 0.410 e. The maximum Gasteiger partial charge on any atom is 0.410 e. The lowest BCUT2D eigenvalue weighted by Gasteiger charge is -2.22. The van der Waals surface area contributed by atoms with Crippen LogP contribution in [0.2, 0.25) is 0 Å². The van der Waals surface area contributed by atoms with Crippen molar-refractivity contribution in [3.63, 3.8) is 0 Å². The number of phenolic OH excluding ortho intramolecular Hbond substituents is 1.